The van der Waals surface area contributed by atoms with Gasteiger partial charge in [-0.25, -0.2) is 0 Å². The zero-order valence-corrected chi connectivity index (χ0v) is 11.3. The van der Waals surface area contributed by atoms with E-state index >= 15 is 0 Å². The second-order valence-corrected chi connectivity index (χ2v) is 4.67. The molecular formula is C15H30. The molecule has 15 heavy (non-hydrogen) atoms. The summed E-state index contributed by atoms with van der Waals surface area (Å²) in [4.78, 5) is 0. The summed E-state index contributed by atoms with van der Waals surface area (Å²) in [6.45, 7) is 9.20. The molecule has 0 rings (SSSR count). The Bertz CT molecular complexity index is 155. The van der Waals surface area contributed by atoms with Crippen molar-refractivity contribution in [3.05, 3.63) is 11.6 Å². The minimum Gasteiger partial charge on any atom is -0.0853 e. The van der Waals surface area contributed by atoms with E-state index in [1.165, 1.54) is 51.4 Å². The average Bonchev–Trinajstić information content (AvgIpc) is 2.25. The number of allylic oxidation sites excluding steroid dienone is 2. The lowest BCUT2D eigenvalue weighted by atomic mass is 9.90. The first-order valence-corrected chi connectivity index (χ1v) is 6.96. The molecule has 0 saturated carbocycles. The average molecular weight is 210 g/mol. The molecule has 0 nitrogen and oxygen atoms in total. The third-order valence-electron chi connectivity index (χ3n) is 3.12. The molecule has 1 atom stereocenters. The van der Waals surface area contributed by atoms with Gasteiger partial charge in [-0.3, -0.25) is 0 Å². The number of hydrogen-bond donors (Lipinski definition) is 0. The topological polar surface area (TPSA) is 0 Å². The quantitative estimate of drug-likeness (QED) is 0.426. The molecule has 0 aromatic rings. The Morgan fingerprint density at radius 1 is 1.00 bits per heavy atom. The first-order chi connectivity index (χ1) is 7.28. The Morgan fingerprint density at radius 3 is 2.20 bits per heavy atom. The van der Waals surface area contributed by atoms with Gasteiger partial charge < -0.3 is 0 Å². The lowest BCUT2D eigenvalue weighted by Crippen LogP contribution is -2.00. The number of hydrogen-bond acceptors (Lipinski definition) is 0. The highest BCUT2D eigenvalue weighted by atomic mass is 14.1. The minimum atomic E-state index is 0.935. The third kappa shape index (κ3) is 7.64. The van der Waals surface area contributed by atoms with Crippen molar-refractivity contribution in [3.63, 3.8) is 0 Å². The van der Waals surface area contributed by atoms with Gasteiger partial charge in [0, 0.05) is 0 Å². The molecule has 0 bridgehead atoms. The Morgan fingerprint density at radius 2 is 1.73 bits per heavy atom. The molecule has 0 heteroatoms. The predicted octanol–water partition coefficient (Wildman–Crippen LogP) is 5.73. The molecule has 90 valence electrons. The molecule has 1 unspecified atom stereocenters. The Kier molecular flexibility index (Phi) is 10.1. The molecule has 0 radical (unpaired) electrons. The summed E-state index contributed by atoms with van der Waals surface area (Å²) in [6.07, 6.45) is 13.1. The maximum Gasteiger partial charge on any atom is -0.0292 e. The van der Waals surface area contributed by atoms with Gasteiger partial charge in [-0.2, -0.15) is 0 Å². The normalized spacial score (nSPS) is 14.3. The molecule has 0 aromatic heterocycles. The van der Waals surface area contributed by atoms with Gasteiger partial charge in [0.25, 0.3) is 0 Å². The van der Waals surface area contributed by atoms with Crippen LogP contribution in [0, 0.1) is 5.92 Å². The summed E-state index contributed by atoms with van der Waals surface area (Å²) in [7, 11) is 0. The molecule has 0 aromatic carbocycles. The van der Waals surface area contributed by atoms with Gasteiger partial charge in [-0.1, -0.05) is 71.4 Å². The zero-order valence-electron chi connectivity index (χ0n) is 11.3. The SMILES string of the molecule is CCCC=C(CCC)CC(CC)CCC. The highest BCUT2D eigenvalue weighted by Gasteiger charge is 2.07. The monoisotopic (exact) mass is 210 g/mol. The van der Waals surface area contributed by atoms with Crippen molar-refractivity contribution in [3.8, 4) is 0 Å². The van der Waals surface area contributed by atoms with Gasteiger partial charge in [-0.15, -0.1) is 0 Å². The lowest BCUT2D eigenvalue weighted by Gasteiger charge is -2.16. The van der Waals surface area contributed by atoms with Crippen LogP contribution >= 0.6 is 0 Å². The van der Waals surface area contributed by atoms with Gasteiger partial charge in [0.2, 0.25) is 0 Å². The fraction of sp³-hybridized carbons (Fsp3) is 0.867. The van der Waals surface area contributed by atoms with Crippen molar-refractivity contribution < 1.29 is 0 Å². The third-order valence-corrected chi connectivity index (χ3v) is 3.12. The van der Waals surface area contributed by atoms with Crippen LogP contribution in [0.2, 0.25) is 0 Å². The van der Waals surface area contributed by atoms with Crippen molar-refractivity contribution in [1.82, 2.24) is 0 Å². The first-order valence-electron chi connectivity index (χ1n) is 6.96. The number of unbranched alkanes of at least 4 members (excludes halogenated alkanes) is 1. The van der Waals surface area contributed by atoms with E-state index in [0.29, 0.717) is 0 Å². The second kappa shape index (κ2) is 10.3. The standard InChI is InChI=1S/C15H30/c1-5-9-12-15(11-7-3)13-14(8-4)10-6-2/h12,14H,5-11,13H2,1-4H3. The van der Waals surface area contributed by atoms with Crippen molar-refractivity contribution in [2.75, 3.05) is 0 Å². The molecule has 0 N–H and O–H groups in total. The zero-order chi connectivity index (χ0) is 11.5. The lowest BCUT2D eigenvalue weighted by molar-refractivity contribution is 0.454. The van der Waals surface area contributed by atoms with Crippen LogP contribution in [0.5, 0.6) is 0 Å². The summed E-state index contributed by atoms with van der Waals surface area (Å²) in [5.41, 5.74) is 1.72. The fourth-order valence-corrected chi connectivity index (χ4v) is 2.19. The van der Waals surface area contributed by atoms with Crippen LogP contribution in [0.4, 0.5) is 0 Å². The Hall–Kier alpha value is -0.260. The highest BCUT2D eigenvalue weighted by molar-refractivity contribution is 5.02. The Balaban J connectivity index is 4.11. The van der Waals surface area contributed by atoms with Crippen LogP contribution in [-0.2, 0) is 0 Å². The second-order valence-electron chi connectivity index (χ2n) is 4.67. The summed E-state index contributed by atoms with van der Waals surface area (Å²) < 4.78 is 0. The number of rotatable bonds is 9. The maximum atomic E-state index is 2.50. The molecule has 0 spiro atoms. The van der Waals surface area contributed by atoms with Crippen molar-refractivity contribution in [1.29, 1.82) is 0 Å². The molecule has 0 aliphatic heterocycles. The summed E-state index contributed by atoms with van der Waals surface area (Å²) in [6, 6.07) is 0. The van der Waals surface area contributed by atoms with E-state index in [1.54, 1.807) is 5.57 Å². The molecule has 0 saturated heterocycles. The smallest absolute Gasteiger partial charge is 0.0292 e. The predicted molar refractivity (Wildman–Crippen MR) is 71.2 cm³/mol. The van der Waals surface area contributed by atoms with Crippen molar-refractivity contribution >= 4 is 0 Å². The van der Waals surface area contributed by atoms with E-state index in [4.69, 9.17) is 0 Å². The van der Waals surface area contributed by atoms with Crippen molar-refractivity contribution in [2.24, 2.45) is 5.92 Å². The highest BCUT2D eigenvalue weighted by Crippen LogP contribution is 2.23. The van der Waals surface area contributed by atoms with Gasteiger partial charge >= 0.3 is 0 Å². The Labute approximate surface area is 97.2 Å². The van der Waals surface area contributed by atoms with E-state index in [-0.39, 0.29) is 0 Å². The summed E-state index contributed by atoms with van der Waals surface area (Å²) in [5, 5.41) is 0. The van der Waals surface area contributed by atoms with Crippen molar-refractivity contribution in [2.45, 2.75) is 79.1 Å². The molecule has 0 heterocycles. The van der Waals surface area contributed by atoms with E-state index in [0.717, 1.165) is 5.92 Å². The van der Waals surface area contributed by atoms with Crippen LogP contribution in [-0.4, -0.2) is 0 Å². The fourth-order valence-electron chi connectivity index (χ4n) is 2.19. The van der Waals surface area contributed by atoms with Crippen LogP contribution in [0.25, 0.3) is 0 Å². The van der Waals surface area contributed by atoms with E-state index in [1.807, 2.05) is 0 Å². The van der Waals surface area contributed by atoms with Gasteiger partial charge in [0.15, 0.2) is 0 Å². The van der Waals surface area contributed by atoms with Crippen LogP contribution < -0.4 is 0 Å². The van der Waals surface area contributed by atoms with Crippen LogP contribution in [0.3, 0.4) is 0 Å². The van der Waals surface area contributed by atoms with Gasteiger partial charge in [-0.05, 0) is 25.2 Å². The molecule has 0 aliphatic rings. The molecular weight excluding hydrogens is 180 g/mol. The van der Waals surface area contributed by atoms with E-state index in [9.17, 15) is 0 Å². The summed E-state index contributed by atoms with van der Waals surface area (Å²) >= 11 is 0. The van der Waals surface area contributed by atoms with Gasteiger partial charge in [0.05, 0.1) is 0 Å². The van der Waals surface area contributed by atoms with Gasteiger partial charge in [0.1, 0.15) is 0 Å². The van der Waals surface area contributed by atoms with E-state index in [2.05, 4.69) is 33.8 Å². The minimum absolute atomic E-state index is 0.935. The maximum absolute atomic E-state index is 2.50. The van der Waals surface area contributed by atoms with E-state index < -0.39 is 0 Å². The molecule has 0 amide bonds. The van der Waals surface area contributed by atoms with Crippen LogP contribution in [0.15, 0.2) is 11.6 Å². The summed E-state index contributed by atoms with van der Waals surface area (Å²) in [5.74, 6) is 0.935. The van der Waals surface area contributed by atoms with Crippen LogP contribution in [0.1, 0.15) is 79.1 Å². The molecule has 0 aliphatic carbocycles. The molecule has 0 fully saturated rings. The largest absolute Gasteiger partial charge is 0.0853 e. The first kappa shape index (κ1) is 14.7.